The van der Waals surface area contributed by atoms with Crippen LogP contribution in [0.5, 0.6) is 0 Å². The second kappa shape index (κ2) is 8.84. The predicted octanol–water partition coefficient (Wildman–Crippen LogP) is 3.57. The third-order valence-corrected chi connectivity index (χ3v) is 5.36. The van der Waals surface area contributed by atoms with E-state index in [1.54, 1.807) is 24.3 Å². The topological polar surface area (TPSA) is 49.4 Å². The van der Waals surface area contributed by atoms with Crippen molar-refractivity contribution >= 4 is 11.7 Å². The molecular weight excluding hydrogens is 360 g/mol. The first kappa shape index (κ1) is 19.1. The van der Waals surface area contributed by atoms with Gasteiger partial charge in [0.2, 0.25) is 0 Å². The molecule has 0 bridgehead atoms. The maximum absolute atomic E-state index is 13.5. The van der Waals surface area contributed by atoms with Crippen molar-refractivity contribution in [2.45, 2.75) is 12.5 Å². The summed E-state index contributed by atoms with van der Waals surface area (Å²) >= 11 is 0. The molecule has 1 aliphatic rings. The first-order valence-corrected chi connectivity index (χ1v) is 9.98. The van der Waals surface area contributed by atoms with E-state index in [0.29, 0.717) is 23.2 Å². The molecule has 1 heterocycles. The Bertz CT molecular complexity index is 986. The Balaban J connectivity index is 1.62. The van der Waals surface area contributed by atoms with Crippen LogP contribution < -0.4 is 5.32 Å². The number of hydrogen-bond acceptors (Lipinski definition) is 3. The number of hydrogen-bond donors (Lipinski definition) is 1. The van der Waals surface area contributed by atoms with Gasteiger partial charge in [-0.15, -0.1) is 0 Å². The molecule has 1 atom stereocenters. The number of rotatable bonds is 5. The molecular formula is C25H24N2O2. The fourth-order valence-electron chi connectivity index (χ4n) is 3.86. The van der Waals surface area contributed by atoms with Crippen molar-refractivity contribution in [3.63, 3.8) is 0 Å². The molecule has 3 aromatic carbocycles. The Morgan fingerprint density at radius 2 is 1.45 bits per heavy atom. The molecule has 0 saturated carbocycles. The molecule has 1 saturated heterocycles. The number of carbonyl (C=O) groups is 2. The van der Waals surface area contributed by atoms with Crippen LogP contribution in [0.15, 0.2) is 84.9 Å². The standard InChI is InChI=1S/C25H24N2O2/c28-24(20-11-5-2-6-12-20)22-13-7-8-14-23(22)25(29)27-16-15-26-18-21(27)17-19-9-3-1-4-10-19/h1-14,21,26H,15-18H2. The Labute approximate surface area is 171 Å². The summed E-state index contributed by atoms with van der Waals surface area (Å²) in [5, 5.41) is 3.39. The number of ketones is 1. The molecule has 0 radical (unpaired) electrons. The van der Waals surface area contributed by atoms with E-state index in [2.05, 4.69) is 17.4 Å². The molecule has 4 heteroatoms. The second-order valence-electron chi connectivity index (χ2n) is 7.29. The fourth-order valence-corrected chi connectivity index (χ4v) is 3.86. The van der Waals surface area contributed by atoms with Crippen LogP contribution in [0.1, 0.15) is 31.8 Å². The first-order valence-electron chi connectivity index (χ1n) is 9.98. The smallest absolute Gasteiger partial charge is 0.254 e. The van der Waals surface area contributed by atoms with Crippen molar-refractivity contribution in [1.82, 2.24) is 10.2 Å². The number of carbonyl (C=O) groups excluding carboxylic acids is 2. The zero-order valence-electron chi connectivity index (χ0n) is 16.3. The molecule has 1 unspecified atom stereocenters. The molecule has 4 rings (SSSR count). The van der Waals surface area contributed by atoms with Gasteiger partial charge in [-0.25, -0.2) is 0 Å². The molecule has 1 aliphatic heterocycles. The third-order valence-electron chi connectivity index (χ3n) is 5.36. The Hall–Kier alpha value is -3.24. The second-order valence-corrected chi connectivity index (χ2v) is 7.29. The van der Waals surface area contributed by atoms with E-state index in [4.69, 9.17) is 0 Å². The quantitative estimate of drug-likeness (QED) is 0.684. The van der Waals surface area contributed by atoms with Crippen LogP contribution in [0.25, 0.3) is 0 Å². The molecule has 146 valence electrons. The van der Waals surface area contributed by atoms with Crippen LogP contribution in [0.4, 0.5) is 0 Å². The Morgan fingerprint density at radius 3 is 2.17 bits per heavy atom. The monoisotopic (exact) mass is 384 g/mol. The predicted molar refractivity (Wildman–Crippen MR) is 114 cm³/mol. The summed E-state index contributed by atoms with van der Waals surface area (Å²) in [6.45, 7) is 2.13. The van der Waals surface area contributed by atoms with E-state index in [9.17, 15) is 9.59 Å². The van der Waals surface area contributed by atoms with E-state index in [0.717, 1.165) is 19.5 Å². The molecule has 1 amide bonds. The molecule has 1 fully saturated rings. The van der Waals surface area contributed by atoms with E-state index in [-0.39, 0.29) is 17.7 Å². The van der Waals surface area contributed by atoms with Gasteiger partial charge in [0.1, 0.15) is 0 Å². The van der Waals surface area contributed by atoms with E-state index < -0.39 is 0 Å². The normalized spacial score (nSPS) is 16.4. The minimum atomic E-state index is -0.121. The maximum Gasteiger partial charge on any atom is 0.254 e. The first-order chi connectivity index (χ1) is 14.2. The highest BCUT2D eigenvalue weighted by atomic mass is 16.2. The zero-order chi connectivity index (χ0) is 20.1. The van der Waals surface area contributed by atoms with Crippen LogP contribution in [0.2, 0.25) is 0 Å². The summed E-state index contributed by atoms with van der Waals surface area (Å²) in [7, 11) is 0. The van der Waals surface area contributed by atoms with Crippen LogP contribution >= 0.6 is 0 Å². The Kier molecular flexibility index (Phi) is 5.82. The number of amides is 1. The lowest BCUT2D eigenvalue weighted by Gasteiger charge is -2.36. The highest BCUT2D eigenvalue weighted by molar-refractivity contribution is 6.15. The summed E-state index contributed by atoms with van der Waals surface area (Å²) in [5.41, 5.74) is 2.73. The van der Waals surface area contributed by atoms with E-state index in [1.807, 2.05) is 53.4 Å². The lowest BCUT2D eigenvalue weighted by Crippen LogP contribution is -2.54. The SMILES string of the molecule is O=C(c1ccccc1)c1ccccc1C(=O)N1CCNCC1Cc1ccccc1. The molecule has 0 aliphatic carbocycles. The van der Waals surface area contributed by atoms with Gasteiger partial charge in [0, 0.05) is 36.8 Å². The minimum absolute atomic E-state index is 0.0542. The van der Waals surface area contributed by atoms with Gasteiger partial charge in [-0.3, -0.25) is 9.59 Å². The number of nitrogens with one attached hydrogen (secondary N) is 1. The molecule has 0 spiro atoms. The van der Waals surface area contributed by atoms with Crippen molar-refractivity contribution in [3.8, 4) is 0 Å². The molecule has 4 nitrogen and oxygen atoms in total. The van der Waals surface area contributed by atoms with Gasteiger partial charge in [0.05, 0.1) is 5.56 Å². The summed E-state index contributed by atoms with van der Waals surface area (Å²) in [5.74, 6) is -0.198. The summed E-state index contributed by atoms with van der Waals surface area (Å²) in [6, 6.07) is 26.5. The van der Waals surface area contributed by atoms with E-state index >= 15 is 0 Å². The van der Waals surface area contributed by atoms with Crippen molar-refractivity contribution < 1.29 is 9.59 Å². The van der Waals surface area contributed by atoms with Gasteiger partial charge in [-0.2, -0.15) is 0 Å². The van der Waals surface area contributed by atoms with Crippen LogP contribution in [0, 0.1) is 0 Å². The van der Waals surface area contributed by atoms with Crippen molar-refractivity contribution in [1.29, 1.82) is 0 Å². The summed E-state index contributed by atoms with van der Waals surface area (Å²) < 4.78 is 0. The molecule has 3 aromatic rings. The van der Waals surface area contributed by atoms with Gasteiger partial charge in [-0.05, 0) is 18.1 Å². The van der Waals surface area contributed by atoms with Crippen molar-refractivity contribution in [2.75, 3.05) is 19.6 Å². The van der Waals surface area contributed by atoms with Crippen LogP contribution in [0.3, 0.4) is 0 Å². The zero-order valence-corrected chi connectivity index (χ0v) is 16.3. The highest BCUT2D eigenvalue weighted by Gasteiger charge is 2.29. The Morgan fingerprint density at radius 1 is 0.828 bits per heavy atom. The minimum Gasteiger partial charge on any atom is -0.333 e. The lowest BCUT2D eigenvalue weighted by atomic mass is 9.96. The average Bonchev–Trinajstić information content (AvgIpc) is 2.80. The summed E-state index contributed by atoms with van der Waals surface area (Å²) in [6.07, 6.45) is 0.786. The van der Waals surface area contributed by atoms with Gasteiger partial charge in [0.25, 0.3) is 5.91 Å². The summed E-state index contributed by atoms with van der Waals surface area (Å²) in [4.78, 5) is 28.5. The molecule has 29 heavy (non-hydrogen) atoms. The van der Waals surface area contributed by atoms with Gasteiger partial charge in [-0.1, -0.05) is 78.9 Å². The maximum atomic E-state index is 13.5. The average molecular weight is 384 g/mol. The number of nitrogens with zero attached hydrogens (tertiary/aromatic N) is 1. The lowest BCUT2D eigenvalue weighted by molar-refractivity contribution is 0.0633. The molecule has 1 N–H and O–H groups in total. The number of piperazine rings is 1. The van der Waals surface area contributed by atoms with E-state index in [1.165, 1.54) is 5.56 Å². The number of benzene rings is 3. The van der Waals surface area contributed by atoms with Crippen LogP contribution in [-0.2, 0) is 6.42 Å². The molecule has 0 aromatic heterocycles. The van der Waals surface area contributed by atoms with Crippen molar-refractivity contribution in [3.05, 3.63) is 107 Å². The largest absolute Gasteiger partial charge is 0.333 e. The van der Waals surface area contributed by atoms with Crippen LogP contribution in [-0.4, -0.2) is 42.3 Å². The van der Waals surface area contributed by atoms with Gasteiger partial charge >= 0.3 is 0 Å². The highest BCUT2D eigenvalue weighted by Crippen LogP contribution is 2.20. The van der Waals surface area contributed by atoms with Crippen molar-refractivity contribution in [2.24, 2.45) is 0 Å². The van der Waals surface area contributed by atoms with Gasteiger partial charge in [0.15, 0.2) is 5.78 Å². The fraction of sp³-hybridized carbons (Fsp3) is 0.200. The van der Waals surface area contributed by atoms with Gasteiger partial charge < -0.3 is 10.2 Å². The third kappa shape index (κ3) is 4.28.